The Balaban J connectivity index is 1.84. The van der Waals surface area contributed by atoms with Gasteiger partial charge in [-0.3, -0.25) is 4.79 Å². The van der Waals surface area contributed by atoms with E-state index in [-0.39, 0.29) is 17.0 Å². The summed E-state index contributed by atoms with van der Waals surface area (Å²) in [6, 6.07) is 14.9. The van der Waals surface area contributed by atoms with Crippen LogP contribution in [0, 0.1) is 0 Å². The van der Waals surface area contributed by atoms with Crippen LogP contribution in [0.25, 0.3) is 21.5 Å². The van der Waals surface area contributed by atoms with Crippen LogP contribution in [0.1, 0.15) is 11.9 Å². The number of para-hydroxylation sites is 1. The van der Waals surface area contributed by atoms with Gasteiger partial charge in [0.25, 0.3) is 0 Å². The SMILES string of the molecule is CCOC(=O)/C(N=Nc1ccc(Cl)cc1)=C(\O)c1nn2c(cc(=O)c3ccccc32)s1. The van der Waals surface area contributed by atoms with E-state index in [1.54, 1.807) is 55.5 Å². The van der Waals surface area contributed by atoms with E-state index >= 15 is 0 Å². The molecule has 156 valence electrons. The Morgan fingerprint density at radius 2 is 1.97 bits per heavy atom. The first kappa shape index (κ1) is 20.7. The maximum atomic E-state index is 12.4. The number of carbonyl (C=O) groups is 1. The number of ether oxygens (including phenoxy) is 1. The lowest BCUT2D eigenvalue weighted by molar-refractivity contribution is -0.138. The number of hydrogen-bond donors (Lipinski definition) is 1. The van der Waals surface area contributed by atoms with Crippen LogP contribution in [0.5, 0.6) is 0 Å². The summed E-state index contributed by atoms with van der Waals surface area (Å²) >= 11 is 6.90. The maximum absolute atomic E-state index is 12.4. The summed E-state index contributed by atoms with van der Waals surface area (Å²) in [6.45, 7) is 1.73. The zero-order valence-corrected chi connectivity index (χ0v) is 17.7. The monoisotopic (exact) mass is 454 g/mol. The molecule has 0 aliphatic rings. The van der Waals surface area contributed by atoms with Crippen molar-refractivity contribution in [3.05, 3.63) is 80.5 Å². The average Bonchev–Trinajstić information content (AvgIpc) is 3.20. The van der Waals surface area contributed by atoms with Crippen molar-refractivity contribution in [2.24, 2.45) is 10.2 Å². The van der Waals surface area contributed by atoms with Gasteiger partial charge in [-0.25, -0.2) is 9.31 Å². The Hall–Kier alpha value is -3.56. The third kappa shape index (κ3) is 4.18. The Morgan fingerprint density at radius 1 is 1.23 bits per heavy atom. The first-order valence-electron chi connectivity index (χ1n) is 9.17. The van der Waals surface area contributed by atoms with Crippen LogP contribution < -0.4 is 5.43 Å². The number of rotatable bonds is 5. The number of benzene rings is 2. The molecule has 4 aromatic rings. The minimum absolute atomic E-state index is 0.0881. The van der Waals surface area contributed by atoms with Gasteiger partial charge in [-0.2, -0.15) is 10.2 Å². The van der Waals surface area contributed by atoms with Gasteiger partial charge in [-0.15, -0.1) is 5.11 Å². The number of hydrogen-bond acceptors (Lipinski definition) is 8. The highest BCUT2D eigenvalue weighted by Gasteiger charge is 2.22. The summed E-state index contributed by atoms with van der Waals surface area (Å²) < 4.78 is 6.54. The van der Waals surface area contributed by atoms with E-state index in [4.69, 9.17) is 16.3 Å². The Morgan fingerprint density at radius 3 is 2.71 bits per heavy atom. The molecule has 0 fully saturated rings. The van der Waals surface area contributed by atoms with Crippen LogP contribution in [-0.2, 0) is 9.53 Å². The number of aliphatic hydroxyl groups is 1. The van der Waals surface area contributed by atoms with Crippen LogP contribution in [0.4, 0.5) is 5.69 Å². The topological polar surface area (TPSA) is 106 Å². The van der Waals surface area contributed by atoms with Crippen LogP contribution in [0.3, 0.4) is 0 Å². The van der Waals surface area contributed by atoms with Crippen molar-refractivity contribution in [3.63, 3.8) is 0 Å². The number of carbonyl (C=O) groups excluding carboxylic acids is 1. The van der Waals surface area contributed by atoms with Crippen molar-refractivity contribution in [2.75, 3.05) is 6.61 Å². The van der Waals surface area contributed by atoms with Gasteiger partial charge in [0.2, 0.25) is 5.70 Å². The molecule has 2 heterocycles. The fourth-order valence-corrected chi connectivity index (χ4v) is 3.85. The number of halogens is 1. The lowest BCUT2D eigenvalue weighted by Gasteiger charge is -2.03. The van der Waals surface area contributed by atoms with E-state index in [0.29, 0.717) is 26.4 Å². The highest BCUT2D eigenvalue weighted by molar-refractivity contribution is 7.18. The third-order valence-corrected chi connectivity index (χ3v) is 5.46. The van der Waals surface area contributed by atoms with Crippen LogP contribution in [0.15, 0.2) is 75.3 Å². The van der Waals surface area contributed by atoms with Gasteiger partial charge in [0, 0.05) is 16.5 Å². The molecule has 0 amide bonds. The quantitative estimate of drug-likeness (QED) is 0.194. The fourth-order valence-electron chi connectivity index (χ4n) is 2.82. The van der Waals surface area contributed by atoms with Gasteiger partial charge < -0.3 is 9.84 Å². The predicted octanol–water partition coefficient (Wildman–Crippen LogP) is 5.14. The third-order valence-electron chi connectivity index (χ3n) is 4.24. The second kappa shape index (κ2) is 8.66. The van der Waals surface area contributed by atoms with Crippen molar-refractivity contribution in [1.82, 2.24) is 9.61 Å². The van der Waals surface area contributed by atoms with E-state index in [1.165, 1.54) is 10.6 Å². The number of pyridine rings is 1. The highest BCUT2D eigenvalue weighted by Crippen LogP contribution is 2.27. The molecule has 0 unspecified atom stereocenters. The molecule has 0 aliphatic heterocycles. The number of aliphatic hydroxyl groups excluding tert-OH is 1. The van der Waals surface area contributed by atoms with Crippen molar-refractivity contribution in [1.29, 1.82) is 0 Å². The number of esters is 1. The second-order valence-corrected chi connectivity index (χ2v) is 7.72. The van der Waals surface area contributed by atoms with Crippen molar-refractivity contribution in [3.8, 4) is 0 Å². The molecular formula is C21H15ClN4O4S. The van der Waals surface area contributed by atoms with Crippen molar-refractivity contribution in [2.45, 2.75) is 6.92 Å². The average molecular weight is 455 g/mol. The Bertz CT molecular complexity index is 1410. The number of azo groups is 1. The molecule has 31 heavy (non-hydrogen) atoms. The van der Waals surface area contributed by atoms with E-state index < -0.39 is 17.4 Å². The molecule has 0 bridgehead atoms. The maximum Gasteiger partial charge on any atom is 0.362 e. The summed E-state index contributed by atoms with van der Waals surface area (Å²) in [7, 11) is 0. The van der Waals surface area contributed by atoms with Gasteiger partial charge in [0.15, 0.2) is 16.2 Å². The van der Waals surface area contributed by atoms with E-state index in [9.17, 15) is 14.7 Å². The molecule has 0 spiro atoms. The van der Waals surface area contributed by atoms with E-state index in [1.807, 2.05) is 0 Å². The Kier molecular flexibility index (Phi) is 5.79. The zero-order valence-electron chi connectivity index (χ0n) is 16.2. The fraction of sp³-hybridized carbons (Fsp3) is 0.0952. The first-order valence-corrected chi connectivity index (χ1v) is 10.4. The van der Waals surface area contributed by atoms with Crippen molar-refractivity contribution < 1.29 is 14.6 Å². The molecule has 8 nitrogen and oxygen atoms in total. The standard InChI is InChI=1S/C21H15ClN4O4S/c1-2-30-21(29)18(24-23-13-9-7-12(22)8-10-13)19(28)20-25-26-15-6-4-3-5-14(15)16(27)11-17(26)31-20/h3-11,28H,2H2,1H3/b19-18+,24-23?. The lowest BCUT2D eigenvalue weighted by Crippen LogP contribution is -2.08. The molecule has 2 aromatic heterocycles. The summed E-state index contributed by atoms with van der Waals surface area (Å²) in [6.07, 6.45) is 0. The van der Waals surface area contributed by atoms with Crippen LogP contribution >= 0.6 is 22.9 Å². The largest absolute Gasteiger partial charge is 0.503 e. The van der Waals surface area contributed by atoms with Crippen LogP contribution in [0.2, 0.25) is 5.02 Å². The second-order valence-electron chi connectivity index (χ2n) is 6.28. The zero-order chi connectivity index (χ0) is 22.0. The molecule has 0 aliphatic carbocycles. The molecule has 0 radical (unpaired) electrons. The lowest BCUT2D eigenvalue weighted by atomic mass is 10.2. The van der Waals surface area contributed by atoms with Crippen LogP contribution in [-0.4, -0.2) is 27.3 Å². The van der Waals surface area contributed by atoms with Crippen molar-refractivity contribution >= 4 is 56.1 Å². The molecule has 0 saturated heterocycles. The molecule has 2 aromatic carbocycles. The molecule has 10 heteroatoms. The normalized spacial score (nSPS) is 12.5. The van der Waals surface area contributed by atoms with Gasteiger partial charge in [-0.1, -0.05) is 35.1 Å². The minimum Gasteiger partial charge on any atom is -0.503 e. The summed E-state index contributed by atoms with van der Waals surface area (Å²) in [4.78, 5) is 25.3. The first-order chi connectivity index (χ1) is 15.0. The highest BCUT2D eigenvalue weighted by atomic mass is 35.5. The number of fused-ring (bicyclic) bond motifs is 3. The minimum atomic E-state index is -0.851. The molecule has 0 saturated carbocycles. The van der Waals surface area contributed by atoms with Gasteiger partial charge in [0.1, 0.15) is 4.83 Å². The predicted molar refractivity (Wildman–Crippen MR) is 119 cm³/mol. The van der Waals surface area contributed by atoms with Gasteiger partial charge in [-0.05, 0) is 43.3 Å². The molecule has 1 N–H and O–H groups in total. The molecule has 0 atom stereocenters. The van der Waals surface area contributed by atoms with E-state index in [0.717, 1.165) is 11.3 Å². The van der Waals surface area contributed by atoms with Gasteiger partial charge >= 0.3 is 5.97 Å². The summed E-state index contributed by atoms with van der Waals surface area (Å²) in [5, 5.41) is 24.2. The summed E-state index contributed by atoms with van der Waals surface area (Å²) in [5.74, 6) is -1.35. The molecule has 4 rings (SSSR count). The van der Waals surface area contributed by atoms with E-state index in [2.05, 4.69) is 15.3 Å². The Labute approximate surface area is 184 Å². The molecular weight excluding hydrogens is 440 g/mol. The number of nitrogens with zero attached hydrogens (tertiary/aromatic N) is 4. The number of aromatic nitrogens is 2. The smallest absolute Gasteiger partial charge is 0.362 e. The van der Waals surface area contributed by atoms with Gasteiger partial charge in [0.05, 0.1) is 17.8 Å². The summed E-state index contributed by atoms with van der Waals surface area (Å²) in [5.41, 5.74) is 0.450.